The van der Waals surface area contributed by atoms with E-state index in [0.29, 0.717) is 5.52 Å². The van der Waals surface area contributed by atoms with Gasteiger partial charge in [0.15, 0.2) is 0 Å². The second-order valence-electron chi connectivity index (χ2n) is 7.00. The van der Waals surface area contributed by atoms with Crippen LogP contribution in [0.5, 0.6) is 0 Å². The van der Waals surface area contributed by atoms with Crippen LogP contribution in [-0.4, -0.2) is 41.0 Å². The molecule has 0 unspecified atom stereocenters. The third kappa shape index (κ3) is 5.67. The Morgan fingerprint density at radius 2 is 1.93 bits per heavy atom. The number of esters is 1. The fourth-order valence-corrected chi connectivity index (χ4v) is 2.54. The molecule has 1 aromatic carbocycles. The van der Waals surface area contributed by atoms with E-state index in [2.05, 4.69) is 10.5 Å². The van der Waals surface area contributed by atoms with Crippen molar-refractivity contribution in [1.82, 2.24) is 9.99 Å². The third-order valence-corrected chi connectivity index (χ3v) is 3.58. The lowest BCUT2D eigenvalue weighted by Crippen LogP contribution is -2.29. The maximum absolute atomic E-state index is 12.7. The number of carbonyl (C=O) groups excluding carboxylic acids is 3. The lowest BCUT2D eigenvalue weighted by molar-refractivity contribution is 0.0505. The normalized spacial score (nSPS) is 11.6. The number of carbonyl (C=O) groups is 3. The summed E-state index contributed by atoms with van der Waals surface area (Å²) in [5.74, 6) is -0.819. The smallest absolute Gasteiger partial charge is 0.428 e. The number of hydrogen-bond acceptors (Lipinski definition) is 6. The Hall–Kier alpha value is -3.16. The molecule has 1 aromatic heterocycles. The Bertz CT molecular complexity index is 893. The summed E-state index contributed by atoms with van der Waals surface area (Å²) >= 11 is 0. The first kappa shape index (κ1) is 21.1. The Balaban J connectivity index is 2.05. The number of fused-ring (bicyclic) bond motifs is 1. The molecule has 0 spiro atoms. The quantitative estimate of drug-likeness (QED) is 0.462. The third-order valence-electron chi connectivity index (χ3n) is 3.58. The van der Waals surface area contributed by atoms with Gasteiger partial charge in [0.1, 0.15) is 11.3 Å². The summed E-state index contributed by atoms with van der Waals surface area (Å²) in [6.45, 7) is 7.17. The number of rotatable bonds is 6. The Labute approximate surface area is 163 Å². The summed E-state index contributed by atoms with van der Waals surface area (Å²) in [5, 5.41) is 4.53. The van der Waals surface area contributed by atoms with Gasteiger partial charge in [-0.1, -0.05) is 18.2 Å². The zero-order chi connectivity index (χ0) is 20.7. The zero-order valence-corrected chi connectivity index (χ0v) is 16.5. The molecule has 0 aliphatic carbocycles. The molecular weight excluding hydrogens is 362 g/mol. The van der Waals surface area contributed by atoms with Crippen LogP contribution in [0.2, 0.25) is 0 Å². The van der Waals surface area contributed by atoms with Gasteiger partial charge in [0.05, 0.1) is 12.1 Å². The average Bonchev–Trinajstić information content (AvgIpc) is 2.99. The molecule has 0 aliphatic heterocycles. The van der Waals surface area contributed by atoms with Crippen LogP contribution in [0, 0.1) is 0 Å². The topological polar surface area (TPSA) is 99.0 Å². The molecule has 0 aliphatic rings. The fraction of sp³-hybridized carbons (Fsp3) is 0.400. The van der Waals surface area contributed by atoms with E-state index >= 15 is 0 Å². The van der Waals surface area contributed by atoms with Gasteiger partial charge in [-0.2, -0.15) is 5.10 Å². The van der Waals surface area contributed by atoms with E-state index < -0.39 is 17.7 Å². The number of amides is 1. The Morgan fingerprint density at radius 1 is 1.21 bits per heavy atom. The fourth-order valence-electron chi connectivity index (χ4n) is 2.54. The molecule has 1 heterocycles. The first-order chi connectivity index (χ1) is 13.2. The molecule has 28 heavy (non-hydrogen) atoms. The van der Waals surface area contributed by atoms with Crippen molar-refractivity contribution in [2.75, 3.05) is 6.61 Å². The van der Waals surface area contributed by atoms with Crippen molar-refractivity contribution in [2.24, 2.45) is 5.10 Å². The second-order valence-corrected chi connectivity index (χ2v) is 7.00. The summed E-state index contributed by atoms with van der Waals surface area (Å²) in [5.41, 5.74) is 2.45. The Morgan fingerprint density at radius 3 is 2.61 bits per heavy atom. The first-order valence-corrected chi connectivity index (χ1v) is 9.04. The van der Waals surface area contributed by atoms with Crippen molar-refractivity contribution in [1.29, 1.82) is 0 Å². The summed E-state index contributed by atoms with van der Waals surface area (Å²) in [6.07, 6.45) is 1.13. The summed E-state index contributed by atoms with van der Waals surface area (Å²) < 4.78 is 11.5. The highest BCUT2D eigenvalue weighted by atomic mass is 16.6. The molecule has 0 saturated carbocycles. The number of hydrogen-bond donors (Lipinski definition) is 1. The molecule has 1 N–H and O–H groups in total. The highest BCUT2D eigenvalue weighted by Gasteiger charge is 2.20. The maximum atomic E-state index is 12.7. The van der Waals surface area contributed by atoms with E-state index in [1.165, 1.54) is 10.8 Å². The molecule has 1 amide bonds. The van der Waals surface area contributed by atoms with Crippen LogP contribution in [0.3, 0.4) is 0 Å². The van der Waals surface area contributed by atoms with Crippen molar-refractivity contribution in [3.63, 3.8) is 0 Å². The van der Waals surface area contributed by atoms with Gasteiger partial charge in [-0.25, -0.2) is 15.0 Å². The van der Waals surface area contributed by atoms with Gasteiger partial charge >= 0.3 is 12.1 Å². The maximum Gasteiger partial charge on any atom is 0.428 e. The van der Waals surface area contributed by atoms with E-state index in [0.717, 1.165) is 5.39 Å². The average molecular weight is 387 g/mol. The minimum absolute atomic E-state index is 0.102. The lowest BCUT2D eigenvalue weighted by Gasteiger charge is -2.18. The van der Waals surface area contributed by atoms with E-state index in [4.69, 9.17) is 9.47 Å². The number of ether oxygens (including phenoxy) is 2. The molecule has 0 saturated heterocycles. The monoisotopic (exact) mass is 387 g/mol. The van der Waals surface area contributed by atoms with E-state index in [1.807, 2.05) is 12.1 Å². The van der Waals surface area contributed by atoms with Crippen molar-refractivity contribution in [3.05, 3.63) is 36.0 Å². The number of para-hydroxylation sites is 1. The number of nitrogens with one attached hydrogen (secondary N) is 1. The highest BCUT2D eigenvalue weighted by molar-refractivity contribution is 6.03. The summed E-state index contributed by atoms with van der Waals surface area (Å²) in [6, 6.07) is 8.87. The van der Waals surface area contributed by atoms with Crippen molar-refractivity contribution < 1.29 is 23.9 Å². The predicted molar refractivity (Wildman–Crippen MR) is 106 cm³/mol. The van der Waals surface area contributed by atoms with Gasteiger partial charge in [-0.15, -0.1) is 0 Å². The van der Waals surface area contributed by atoms with E-state index in [9.17, 15) is 14.4 Å². The minimum atomic E-state index is -0.670. The Kier molecular flexibility index (Phi) is 6.92. The molecule has 2 aromatic rings. The molecule has 8 nitrogen and oxygen atoms in total. The minimum Gasteiger partial charge on any atom is -0.461 e. The molecule has 150 valence electrons. The molecule has 2 rings (SSSR count). The molecule has 0 fully saturated rings. The van der Waals surface area contributed by atoms with Gasteiger partial charge in [0, 0.05) is 18.0 Å². The van der Waals surface area contributed by atoms with Crippen molar-refractivity contribution in [3.8, 4) is 0 Å². The molecule has 0 bridgehead atoms. The molecule has 0 atom stereocenters. The number of nitrogens with zero attached hydrogens (tertiary/aromatic N) is 2. The molecule has 8 heteroatoms. The van der Waals surface area contributed by atoms with Crippen molar-refractivity contribution in [2.45, 2.75) is 46.1 Å². The predicted octanol–water partition coefficient (Wildman–Crippen LogP) is 3.75. The summed E-state index contributed by atoms with van der Waals surface area (Å²) in [4.78, 5) is 36.4. The van der Waals surface area contributed by atoms with Gasteiger partial charge in [0.2, 0.25) is 5.91 Å². The van der Waals surface area contributed by atoms with Crippen LogP contribution >= 0.6 is 0 Å². The number of benzene rings is 1. The zero-order valence-electron chi connectivity index (χ0n) is 16.5. The van der Waals surface area contributed by atoms with Gasteiger partial charge < -0.3 is 9.47 Å². The number of aromatic nitrogens is 1. The number of hydrazone groups is 1. The SMILES string of the molecule is CCOC(=O)c1cc2ccccc2n1C(=O)CC/C=N/NC(=O)OC(C)(C)C. The highest BCUT2D eigenvalue weighted by Crippen LogP contribution is 2.21. The van der Waals surface area contributed by atoms with Crippen LogP contribution in [0.4, 0.5) is 4.79 Å². The van der Waals surface area contributed by atoms with Crippen LogP contribution < -0.4 is 5.43 Å². The second kappa shape index (κ2) is 9.16. The van der Waals surface area contributed by atoms with Gasteiger partial charge in [-0.05, 0) is 46.2 Å². The lowest BCUT2D eigenvalue weighted by atomic mass is 10.2. The van der Waals surface area contributed by atoms with E-state index in [1.54, 1.807) is 45.9 Å². The standard InChI is InChI=1S/C20H25N3O5/c1-5-27-18(25)16-13-14-9-6-7-10-15(14)23(16)17(24)11-8-12-21-22-19(26)28-20(2,3)4/h6-7,9-10,12-13H,5,8,11H2,1-4H3,(H,22,26)/b21-12+. The van der Waals surface area contributed by atoms with Crippen LogP contribution in [-0.2, 0) is 9.47 Å². The van der Waals surface area contributed by atoms with E-state index in [-0.39, 0.29) is 31.0 Å². The first-order valence-electron chi connectivity index (χ1n) is 9.04. The van der Waals surface area contributed by atoms with Crippen molar-refractivity contribution >= 4 is 35.1 Å². The van der Waals surface area contributed by atoms with Crippen LogP contribution in [0.15, 0.2) is 35.4 Å². The summed E-state index contributed by atoms with van der Waals surface area (Å²) in [7, 11) is 0. The largest absolute Gasteiger partial charge is 0.461 e. The van der Waals surface area contributed by atoms with Crippen LogP contribution in [0.1, 0.15) is 55.8 Å². The van der Waals surface area contributed by atoms with Crippen LogP contribution in [0.25, 0.3) is 10.9 Å². The van der Waals surface area contributed by atoms with Gasteiger partial charge in [-0.3, -0.25) is 9.36 Å². The molecule has 0 radical (unpaired) electrons. The van der Waals surface area contributed by atoms with Gasteiger partial charge in [0.25, 0.3) is 0 Å². The molecular formula is C20H25N3O5.